The zero-order chi connectivity index (χ0) is 21.1. The SMILES string of the molecule is N#Cc1c(NC(=O)CN2CCN(c3ccc(Cl)c(Cl)c3)CC2)sc2c1CCCCC2. The average Bonchev–Trinajstić information content (AvgIpc) is 2.89. The van der Waals surface area contributed by atoms with Crippen LogP contribution in [0, 0.1) is 11.3 Å². The zero-order valence-corrected chi connectivity index (χ0v) is 19.0. The second-order valence-electron chi connectivity index (χ2n) is 7.79. The van der Waals surface area contributed by atoms with Crippen molar-refractivity contribution >= 4 is 51.1 Å². The lowest BCUT2D eigenvalue weighted by atomic mass is 10.1. The number of halogens is 2. The first-order chi connectivity index (χ1) is 14.5. The smallest absolute Gasteiger partial charge is 0.239 e. The molecule has 8 heteroatoms. The summed E-state index contributed by atoms with van der Waals surface area (Å²) in [6, 6.07) is 8.00. The Hall–Kier alpha value is -1.78. The van der Waals surface area contributed by atoms with Crippen LogP contribution in [0.25, 0.3) is 0 Å². The molecule has 1 aliphatic heterocycles. The van der Waals surface area contributed by atoms with Crippen LogP contribution in [0.15, 0.2) is 18.2 Å². The van der Waals surface area contributed by atoms with E-state index < -0.39 is 0 Å². The molecule has 0 spiro atoms. The van der Waals surface area contributed by atoms with Crippen LogP contribution in [0.2, 0.25) is 10.0 Å². The van der Waals surface area contributed by atoms with Gasteiger partial charge in [0.05, 0.1) is 22.2 Å². The lowest BCUT2D eigenvalue weighted by Crippen LogP contribution is -2.48. The minimum Gasteiger partial charge on any atom is -0.369 e. The van der Waals surface area contributed by atoms with Crippen molar-refractivity contribution < 1.29 is 4.79 Å². The predicted molar refractivity (Wildman–Crippen MR) is 124 cm³/mol. The first-order valence-electron chi connectivity index (χ1n) is 10.3. The first kappa shape index (κ1) is 21.5. The summed E-state index contributed by atoms with van der Waals surface area (Å²) in [6.07, 6.45) is 5.45. The third-order valence-electron chi connectivity index (χ3n) is 5.79. The molecule has 1 aromatic heterocycles. The second kappa shape index (κ2) is 9.57. The predicted octanol–water partition coefficient (Wildman–Crippen LogP) is 4.96. The van der Waals surface area contributed by atoms with E-state index in [1.165, 1.54) is 11.3 Å². The van der Waals surface area contributed by atoms with Gasteiger partial charge in [-0.15, -0.1) is 11.3 Å². The Balaban J connectivity index is 1.33. The van der Waals surface area contributed by atoms with Crippen molar-refractivity contribution in [1.82, 2.24) is 4.90 Å². The summed E-state index contributed by atoms with van der Waals surface area (Å²) in [7, 11) is 0. The zero-order valence-electron chi connectivity index (χ0n) is 16.7. The van der Waals surface area contributed by atoms with Gasteiger partial charge in [-0.1, -0.05) is 29.6 Å². The van der Waals surface area contributed by atoms with E-state index in [1.54, 1.807) is 11.3 Å². The molecule has 2 aromatic rings. The van der Waals surface area contributed by atoms with Gasteiger partial charge < -0.3 is 10.2 Å². The molecule has 0 radical (unpaired) electrons. The number of benzene rings is 1. The summed E-state index contributed by atoms with van der Waals surface area (Å²) in [6.45, 7) is 3.56. The van der Waals surface area contributed by atoms with E-state index in [4.69, 9.17) is 23.2 Å². The maximum Gasteiger partial charge on any atom is 0.239 e. The number of nitrogens with zero attached hydrogens (tertiary/aromatic N) is 3. The van der Waals surface area contributed by atoms with E-state index in [0.717, 1.165) is 68.1 Å². The Labute approximate surface area is 191 Å². The van der Waals surface area contributed by atoms with Crippen LogP contribution in [0.5, 0.6) is 0 Å². The van der Waals surface area contributed by atoms with E-state index >= 15 is 0 Å². The summed E-state index contributed by atoms with van der Waals surface area (Å²) in [5.74, 6) is -0.0501. The highest BCUT2D eigenvalue weighted by Crippen LogP contribution is 2.37. The Morgan fingerprint density at radius 2 is 1.87 bits per heavy atom. The minimum absolute atomic E-state index is 0.0501. The lowest BCUT2D eigenvalue weighted by molar-refractivity contribution is -0.117. The van der Waals surface area contributed by atoms with Gasteiger partial charge in [-0.25, -0.2) is 0 Å². The number of piperazine rings is 1. The summed E-state index contributed by atoms with van der Waals surface area (Å²) in [5, 5.41) is 14.5. The monoisotopic (exact) mass is 462 g/mol. The molecule has 1 aliphatic carbocycles. The van der Waals surface area contributed by atoms with Crippen LogP contribution in [0.3, 0.4) is 0 Å². The van der Waals surface area contributed by atoms with Crippen molar-refractivity contribution in [2.75, 3.05) is 42.9 Å². The summed E-state index contributed by atoms with van der Waals surface area (Å²) >= 11 is 13.7. The third-order valence-corrected chi connectivity index (χ3v) is 7.74. The molecule has 1 N–H and O–H groups in total. The van der Waals surface area contributed by atoms with E-state index in [2.05, 4.69) is 21.2 Å². The lowest BCUT2D eigenvalue weighted by Gasteiger charge is -2.35. The number of carbonyl (C=O) groups excluding carboxylic acids is 1. The number of hydrogen-bond acceptors (Lipinski definition) is 5. The van der Waals surface area contributed by atoms with Crippen LogP contribution >= 0.6 is 34.5 Å². The fourth-order valence-electron chi connectivity index (χ4n) is 4.16. The first-order valence-corrected chi connectivity index (χ1v) is 11.9. The van der Waals surface area contributed by atoms with Crippen LogP contribution in [0.1, 0.15) is 35.3 Å². The van der Waals surface area contributed by atoms with Crippen molar-refractivity contribution in [2.45, 2.75) is 32.1 Å². The van der Waals surface area contributed by atoms with Crippen LogP contribution < -0.4 is 10.2 Å². The van der Waals surface area contributed by atoms with Crippen molar-refractivity contribution in [2.24, 2.45) is 0 Å². The number of fused-ring (bicyclic) bond motifs is 1. The number of hydrogen-bond donors (Lipinski definition) is 1. The molecular weight excluding hydrogens is 439 g/mol. The second-order valence-corrected chi connectivity index (χ2v) is 9.71. The molecule has 1 fully saturated rings. The molecule has 0 atom stereocenters. The third kappa shape index (κ3) is 4.76. The minimum atomic E-state index is -0.0501. The Kier molecular flexibility index (Phi) is 6.84. The molecule has 5 nitrogen and oxygen atoms in total. The van der Waals surface area contributed by atoms with Crippen molar-refractivity contribution in [3.05, 3.63) is 44.2 Å². The fraction of sp³-hybridized carbons (Fsp3) is 0.455. The highest BCUT2D eigenvalue weighted by Gasteiger charge is 2.23. The van der Waals surface area contributed by atoms with Gasteiger partial charge in [0, 0.05) is 36.7 Å². The number of amides is 1. The molecule has 1 aromatic carbocycles. The summed E-state index contributed by atoms with van der Waals surface area (Å²) in [5.41, 5.74) is 2.88. The largest absolute Gasteiger partial charge is 0.369 e. The molecular formula is C22H24Cl2N4OS. The van der Waals surface area contributed by atoms with Crippen molar-refractivity contribution in [1.29, 1.82) is 5.26 Å². The average molecular weight is 463 g/mol. The Bertz CT molecular complexity index is 976. The molecule has 0 bridgehead atoms. The highest BCUT2D eigenvalue weighted by atomic mass is 35.5. The molecule has 0 unspecified atom stereocenters. The van der Waals surface area contributed by atoms with Crippen LogP contribution in [0.4, 0.5) is 10.7 Å². The molecule has 1 saturated heterocycles. The summed E-state index contributed by atoms with van der Waals surface area (Å²) in [4.78, 5) is 18.3. The molecule has 1 amide bonds. The van der Waals surface area contributed by atoms with Crippen molar-refractivity contribution in [3.63, 3.8) is 0 Å². The number of thiophene rings is 1. The van der Waals surface area contributed by atoms with Crippen LogP contribution in [-0.2, 0) is 17.6 Å². The number of carbonyl (C=O) groups is 1. The van der Waals surface area contributed by atoms with Gasteiger partial charge in [-0.3, -0.25) is 9.69 Å². The molecule has 4 rings (SSSR count). The molecule has 30 heavy (non-hydrogen) atoms. The Morgan fingerprint density at radius 1 is 1.10 bits per heavy atom. The quantitative estimate of drug-likeness (QED) is 0.652. The van der Waals surface area contributed by atoms with Gasteiger partial charge in [0.2, 0.25) is 5.91 Å². The van der Waals surface area contributed by atoms with Crippen molar-refractivity contribution in [3.8, 4) is 6.07 Å². The van der Waals surface area contributed by atoms with Gasteiger partial charge in [0.25, 0.3) is 0 Å². The number of rotatable bonds is 4. The number of aryl methyl sites for hydroxylation is 1. The van der Waals surface area contributed by atoms with E-state index in [-0.39, 0.29) is 5.91 Å². The van der Waals surface area contributed by atoms with E-state index in [9.17, 15) is 10.1 Å². The van der Waals surface area contributed by atoms with Gasteiger partial charge >= 0.3 is 0 Å². The standard InChI is InChI=1S/C22H24Cl2N4OS/c23-18-7-6-15(12-19(18)24)28-10-8-27(9-11-28)14-21(29)26-22-17(13-25)16-4-2-1-3-5-20(16)30-22/h6-7,12H,1-5,8-11,14H2,(H,26,29). The number of nitrogens with one attached hydrogen (secondary N) is 1. The van der Waals surface area contributed by atoms with Gasteiger partial charge in [0.15, 0.2) is 0 Å². The Morgan fingerprint density at radius 3 is 2.60 bits per heavy atom. The number of anilines is 2. The topological polar surface area (TPSA) is 59.4 Å². The number of nitriles is 1. The van der Waals surface area contributed by atoms with Gasteiger partial charge in [0.1, 0.15) is 11.1 Å². The maximum atomic E-state index is 12.7. The van der Waals surface area contributed by atoms with E-state index in [0.29, 0.717) is 22.2 Å². The van der Waals surface area contributed by atoms with Crippen LogP contribution in [-0.4, -0.2) is 43.5 Å². The van der Waals surface area contributed by atoms with Gasteiger partial charge in [-0.05, 0) is 49.4 Å². The van der Waals surface area contributed by atoms with E-state index in [1.807, 2.05) is 18.2 Å². The molecule has 0 saturated carbocycles. The highest BCUT2D eigenvalue weighted by molar-refractivity contribution is 7.16. The molecule has 2 heterocycles. The molecule has 2 aliphatic rings. The maximum absolute atomic E-state index is 12.7. The van der Waals surface area contributed by atoms with Gasteiger partial charge in [-0.2, -0.15) is 5.26 Å². The fourth-order valence-corrected chi connectivity index (χ4v) is 5.71. The summed E-state index contributed by atoms with van der Waals surface area (Å²) < 4.78 is 0. The normalized spacial score (nSPS) is 17.2. The molecule has 158 valence electrons.